The second-order valence-corrected chi connectivity index (χ2v) is 28.9. The van der Waals surface area contributed by atoms with Crippen LogP contribution in [-0.4, -0.2) is 122 Å². The number of rotatable bonds is 67. The number of carbonyl (C=O) groups is 7. The summed E-state index contributed by atoms with van der Waals surface area (Å²) in [6.07, 6.45) is 29.8. The summed E-state index contributed by atoms with van der Waals surface area (Å²) >= 11 is 0. The molecule has 0 aromatic heterocycles. The molecule has 2 rings (SSSR count). The third-order valence-electron chi connectivity index (χ3n) is 19.5. The van der Waals surface area contributed by atoms with Gasteiger partial charge in [0.2, 0.25) is 0 Å². The second-order valence-electron chi connectivity index (χ2n) is 28.9. The fraction of sp³-hybridized carbons (Fsp3) is 0.915. The summed E-state index contributed by atoms with van der Waals surface area (Å²) in [6, 6.07) is 0. The maximum atomic E-state index is 14.6. The van der Waals surface area contributed by atoms with Crippen molar-refractivity contribution in [1.82, 2.24) is 0 Å². The van der Waals surface area contributed by atoms with E-state index in [1.807, 2.05) is 0 Å². The molecule has 0 aliphatic carbocycles. The second kappa shape index (κ2) is 63.6. The van der Waals surface area contributed by atoms with E-state index in [2.05, 4.69) is 48.5 Å². The molecule has 2 heterocycles. The van der Waals surface area contributed by atoms with Crippen LogP contribution in [-0.2, 0) is 80.9 Å². The van der Waals surface area contributed by atoms with Crippen LogP contribution in [0.3, 0.4) is 0 Å². The lowest BCUT2D eigenvalue weighted by Crippen LogP contribution is -2.67. The molecule has 0 amide bonds. The van der Waals surface area contributed by atoms with E-state index in [1.54, 1.807) is 0 Å². The minimum Gasteiger partial charge on any atom is -0.463 e. The molecule has 100 heavy (non-hydrogen) atoms. The predicted octanol–water partition coefficient (Wildman–Crippen LogP) is 20.4. The third kappa shape index (κ3) is 46.1. The maximum absolute atomic E-state index is 14.6. The largest absolute Gasteiger partial charge is 0.463 e. The number of carbonyl (C=O) groups excluding carboxylic acids is 7. The van der Waals surface area contributed by atoms with Gasteiger partial charge in [0, 0.05) is 44.9 Å². The lowest BCUT2D eigenvalue weighted by molar-refractivity contribution is -0.357. The van der Waals surface area contributed by atoms with E-state index in [4.69, 9.17) is 47.4 Å². The Morgan fingerprint density at radius 1 is 0.240 bits per heavy atom. The van der Waals surface area contributed by atoms with Gasteiger partial charge in [-0.1, -0.05) is 318 Å². The number of unbranched alkanes of at least 4 members (excludes halogenated alkanes) is 42. The van der Waals surface area contributed by atoms with Crippen molar-refractivity contribution in [1.29, 1.82) is 0 Å². The number of aliphatic hydroxyl groups is 1. The summed E-state index contributed by atoms with van der Waals surface area (Å²) in [5.74, 6) is -4.38. The molecule has 18 nitrogen and oxygen atoms in total. The van der Waals surface area contributed by atoms with Crippen molar-refractivity contribution in [2.45, 2.75) is 469 Å². The van der Waals surface area contributed by atoms with Gasteiger partial charge in [0.1, 0.15) is 31.5 Å². The number of aliphatic hydroxyl groups excluding tert-OH is 1. The molecule has 0 saturated carbocycles. The van der Waals surface area contributed by atoms with Gasteiger partial charge >= 0.3 is 41.8 Å². The van der Waals surface area contributed by atoms with E-state index < -0.39 is 116 Å². The molecule has 1 unspecified atom stereocenters. The van der Waals surface area contributed by atoms with Crippen molar-refractivity contribution in [3.8, 4) is 0 Å². The van der Waals surface area contributed by atoms with E-state index in [0.29, 0.717) is 44.9 Å². The van der Waals surface area contributed by atoms with Crippen LogP contribution in [0.5, 0.6) is 0 Å². The zero-order valence-electron chi connectivity index (χ0n) is 64.7. The van der Waals surface area contributed by atoms with Crippen LogP contribution in [0.25, 0.3) is 0 Å². The molecule has 1 N–H and O–H groups in total. The zero-order valence-corrected chi connectivity index (χ0v) is 64.7. The summed E-state index contributed by atoms with van der Waals surface area (Å²) in [7, 11) is 0. The molecule has 2 saturated heterocycles. The molecule has 2 fully saturated rings. The molecular weight excluding hydrogens is 1270 g/mol. The normalized spacial score (nSPS) is 20.6. The number of ether oxygens (including phenoxy) is 10. The molecule has 18 heteroatoms. The Bertz CT molecular complexity index is 2040. The topological polar surface area (TPSA) is 232 Å². The van der Waals surface area contributed by atoms with Gasteiger partial charge in [0.05, 0.1) is 0 Å². The van der Waals surface area contributed by atoms with Crippen LogP contribution < -0.4 is 0 Å². The molecule has 2 aliphatic heterocycles. The molecule has 2 aliphatic rings. The van der Waals surface area contributed by atoms with E-state index in [9.17, 15) is 38.7 Å². The minimum atomic E-state index is -1.92. The highest BCUT2D eigenvalue weighted by Crippen LogP contribution is 2.37. The Morgan fingerprint density at radius 3 is 0.730 bits per heavy atom. The van der Waals surface area contributed by atoms with Crippen molar-refractivity contribution in [2.24, 2.45) is 0 Å². The molecule has 0 spiro atoms. The summed E-state index contributed by atoms with van der Waals surface area (Å²) < 4.78 is 64.5. The van der Waals surface area contributed by atoms with E-state index >= 15 is 0 Å². The summed E-state index contributed by atoms with van der Waals surface area (Å²) in [5, 5.41) is 12.1. The predicted molar refractivity (Wildman–Crippen MR) is 394 cm³/mol. The van der Waals surface area contributed by atoms with E-state index in [1.165, 1.54) is 0 Å². The van der Waals surface area contributed by atoms with Crippen LogP contribution in [0.4, 0.5) is 0 Å². The van der Waals surface area contributed by atoms with Gasteiger partial charge < -0.3 is 52.5 Å². The van der Waals surface area contributed by atoms with Crippen molar-refractivity contribution >= 4 is 41.8 Å². The quantitative estimate of drug-likeness (QED) is 0.0339. The molecule has 10 atom stereocenters. The van der Waals surface area contributed by atoms with Gasteiger partial charge in [0.25, 0.3) is 0 Å². The fourth-order valence-corrected chi connectivity index (χ4v) is 13.3. The van der Waals surface area contributed by atoms with E-state index in [0.717, 1.165) is 270 Å². The highest BCUT2D eigenvalue weighted by atomic mass is 16.8. The lowest BCUT2D eigenvalue weighted by atomic mass is 9.95. The van der Waals surface area contributed by atoms with Gasteiger partial charge in [-0.15, -0.1) is 0 Å². The van der Waals surface area contributed by atoms with E-state index in [-0.39, 0.29) is 44.9 Å². The van der Waals surface area contributed by atoms with Crippen LogP contribution in [0.2, 0.25) is 0 Å². The molecule has 584 valence electrons. The van der Waals surface area contributed by atoms with Gasteiger partial charge in [0.15, 0.2) is 43.1 Å². The smallest absolute Gasteiger partial charge is 0.306 e. The first kappa shape index (κ1) is 92.2. The first-order valence-electron chi connectivity index (χ1n) is 41.7. The summed E-state index contributed by atoms with van der Waals surface area (Å²) in [5.41, 5.74) is 0. The van der Waals surface area contributed by atoms with Crippen LogP contribution in [0.1, 0.15) is 408 Å². The van der Waals surface area contributed by atoms with Crippen LogP contribution in [0, 0.1) is 0 Å². The van der Waals surface area contributed by atoms with Gasteiger partial charge in [-0.3, -0.25) is 33.6 Å². The molecule has 0 aromatic rings. The first-order valence-corrected chi connectivity index (χ1v) is 41.7. The molecule has 0 bridgehead atoms. The number of hydrogen-bond donors (Lipinski definition) is 1. The Hall–Kier alpha value is -3.87. The average Bonchev–Trinajstić information content (AvgIpc) is 0.769. The Morgan fingerprint density at radius 2 is 0.450 bits per heavy atom. The Kier molecular flexibility index (Phi) is 58.6. The number of esters is 7. The van der Waals surface area contributed by atoms with Gasteiger partial charge in [-0.05, 0) is 44.9 Å². The minimum absolute atomic E-state index is 0.00625. The first-order chi connectivity index (χ1) is 48.8. The summed E-state index contributed by atoms with van der Waals surface area (Å²) in [4.78, 5) is 99.9. The number of hydrogen-bond acceptors (Lipinski definition) is 18. The fourth-order valence-electron chi connectivity index (χ4n) is 13.3. The standard InChI is InChI=1S/C82H148O18/c1-8-15-22-29-36-43-50-57-68(83)91-64-66-76(77(96-71(86)60-53-46-39-32-25-18-11-4)79(81(90)93-66)98-73(88)62-55-48-41-34-27-20-13-6)100-82-80(99-74(89)63-56-49-42-35-28-21-14-7)78(97-72(87)61-54-47-40-33-26-19-12-5)75(95-70(85)59-52-45-38-31-24-17-10-3)67(94-82)65-92-69(84)58-51-44-37-30-23-16-9-2/h66-67,75-82,90H,8-65H2,1-7H3/t66-,67-,75-,76-,77+,78+,79-,80-,81?,82+/m1/s1. The highest BCUT2D eigenvalue weighted by Gasteiger charge is 2.58. The monoisotopic (exact) mass is 1420 g/mol. The lowest BCUT2D eigenvalue weighted by Gasteiger charge is -2.48. The molecule has 0 aromatic carbocycles. The maximum Gasteiger partial charge on any atom is 0.306 e. The molecular formula is C82H148O18. The Balaban J connectivity index is 2.98. The van der Waals surface area contributed by atoms with Crippen LogP contribution in [0.15, 0.2) is 0 Å². The Labute approximate surface area is 607 Å². The van der Waals surface area contributed by atoms with Crippen molar-refractivity contribution in [3.63, 3.8) is 0 Å². The van der Waals surface area contributed by atoms with Gasteiger partial charge in [-0.2, -0.15) is 0 Å². The summed E-state index contributed by atoms with van der Waals surface area (Å²) in [6.45, 7) is 14.1. The average molecular weight is 1420 g/mol. The SMILES string of the molecule is CCCCCCCCCC(=O)OC[C@H]1O[C@@H](O[C@H]2[C@H](OC(=O)CCCCCCCCC)[C@@H](OC(=O)CCCCCCCCC)C(O)O[C@@H]2COC(=O)CCCCCCCCC)[C@H](OC(=O)CCCCCCCCC)[C@@H](OC(=O)CCCCCCCCC)[C@@H]1OC(=O)CCCCCCCCC. The third-order valence-corrected chi connectivity index (χ3v) is 19.5. The zero-order chi connectivity index (χ0) is 72.9. The van der Waals surface area contributed by atoms with Crippen LogP contribution >= 0.6 is 0 Å². The molecule has 0 radical (unpaired) electrons. The van der Waals surface area contributed by atoms with Gasteiger partial charge in [-0.25, -0.2) is 0 Å². The van der Waals surface area contributed by atoms with Crippen molar-refractivity contribution < 1.29 is 86.0 Å². The highest BCUT2D eigenvalue weighted by molar-refractivity contribution is 5.73. The van der Waals surface area contributed by atoms with Crippen molar-refractivity contribution in [3.05, 3.63) is 0 Å². The van der Waals surface area contributed by atoms with Crippen molar-refractivity contribution in [2.75, 3.05) is 13.2 Å².